The molecule has 1 aliphatic heterocycles. The molecule has 0 amide bonds. The van der Waals surface area contributed by atoms with Crippen LogP contribution in [0.4, 0.5) is 5.82 Å². The van der Waals surface area contributed by atoms with Crippen molar-refractivity contribution in [2.24, 2.45) is 17.8 Å². The number of aliphatic hydroxyl groups excluding tert-OH is 1. The average Bonchev–Trinajstić information content (AvgIpc) is 2.72. The van der Waals surface area contributed by atoms with Gasteiger partial charge in [-0.2, -0.15) is 0 Å². The van der Waals surface area contributed by atoms with E-state index >= 15 is 0 Å². The van der Waals surface area contributed by atoms with Crippen LogP contribution in [0.1, 0.15) is 0 Å². The van der Waals surface area contributed by atoms with Crippen LogP contribution in [0.3, 0.4) is 0 Å². The number of halogens is 1. The van der Waals surface area contributed by atoms with Crippen LogP contribution < -0.4 is 4.90 Å². The fourth-order valence-corrected chi connectivity index (χ4v) is 2.90. The van der Waals surface area contributed by atoms with E-state index in [1.54, 1.807) is 0 Å². The fraction of sp³-hybridized carbons (Fsp3) is 0.545. The van der Waals surface area contributed by atoms with Crippen molar-refractivity contribution < 1.29 is 5.11 Å². The van der Waals surface area contributed by atoms with Gasteiger partial charge in [-0.15, -0.1) is 0 Å². The third-order valence-electron chi connectivity index (χ3n) is 3.62. The van der Waals surface area contributed by atoms with Crippen molar-refractivity contribution in [2.75, 3.05) is 24.6 Å². The molecule has 0 aromatic carbocycles. The molecule has 1 aromatic heterocycles. The van der Waals surface area contributed by atoms with Gasteiger partial charge < -0.3 is 10.0 Å². The maximum atomic E-state index is 9.06. The maximum absolute atomic E-state index is 9.06. The number of hydrogen-bond donors (Lipinski definition) is 1. The summed E-state index contributed by atoms with van der Waals surface area (Å²) in [4.78, 5) is 6.70. The van der Waals surface area contributed by atoms with Crippen LogP contribution in [0.15, 0.2) is 22.8 Å². The van der Waals surface area contributed by atoms with Gasteiger partial charge in [0.15, 0.2) is 0 Å². The van der Waals surface area contributed by atoms with Gasteiger partial charge in [-0.3, -0.25) is 0 Å². The molecule has 2 fully saturated rings. The zero-order valence-electron chi connectivity index (χ0n) is 8.31. The molecule has 4 heteroatoms. The van der Waals surface area contributed by atoms with E-state index in [0.717, 1.165) is 23.4 Å². The lowest BCUT2D eigenvalue weighted by molar-refractivity contribution is 0.260. The van der Waals surface area contributed by atoms with Crippen molar-refractivity contribution in [2.45, 2.75) is 0 Å². The lowest BCUT2D eigenvalue weighted by Crippen LogP contribution is -2.25. The molecular weight excluding hydrogens is 256 g/mol. The number of aromatic nitrogens is 1. The largest absolute Gasteiger partial charge is 0.396 e. The highest BCUT2D eigenvalue weighted by molar-refractivity contribution is 9.10. The van der Waals surface area contributed by atoms with E-state index in [9.17, 15) is 0 Å². The molecule has 1 aliphatic carbocycles. The van der Waals surface area contributed by atoms with E-state index < -0.39 is 0 Å². The van der Waals surface area contributed by atoms with Crippen LogP contribution in [0, 0.1) is 17.8 Å². The summed E-state index contributed by atoms with van der Waals surface area (Å²) in [5.41, 5.74) is 0. The molecule has 2 atom stereocenters. The number of pyridine rings is 1. The zero-order valence-corrected chi connectivity index (χ0v) is 9.89. The molecule has 1 N–H and O–H groups in total. The number of fused-ring (bicyclic) bond motifs is 1. The molecular formula is C11H13BrN2O. The molecule has 2 aliphatic rings. The summed E-state index contributed by atoms with van der Waals surface area (Å²) in [6.07, 6.45) is 1.84. The van der Waals surface area contributed by atoms with E-state index in [1.807, 2.05) is 18.3 Å². The summed E-state index contributed by atoms with van der Waals surface area (Å²) in [6, 6.07) is 4.07. The Hall–Kier alpha value is -0.610. The van der Waals surface area contributed by atoms with Gasteiger partial charge in [0.1, 0.15) is 5.82 Å². The summed E-state index contributed by atoms with van der Waals surface area (Å²) in [7, 11) is 0. The summed E-state index contributed by atoms with van der Waals surface area (Å²) < 4.78 is 1.02. The van der Waals surface area contributed by atoms with Crippen LogP contribution in [0.25, 0.3) is 0 Å². The monoisotopic (exact) mass is 268 g/mol. The minimum absolute atomic E-state index is 0.358. The molecule has 0 spiro atoms. The summed E-state index contributed by atoms with van der Waals surface area (Å²) in [6.45, 7) is 2.48. The molecule has 2 heterocycles. The normalized spacial score (nSPS) is 32.9. The van der Waals surface area contributed by atoms with Gasteiger partial charge in [0.2, 0.25) is 0 Å². The quantitative estimate of drug-likeness (QED) is 0.884. The van der Waals surface area contributed by atoms with E-state index in [0.29, 0.717) is 24.4 Å². The van der Waals surface area contributed by atoms with Crippen molar-refractivity contribution in [1.82, 2.24) is 4.98 Å². The van der Waals surface area contributed by atoms with E-state index in [4.69, 9.17) is 5.11 Å². The first-order chi connectivity index (χ1) is 7.29. The molecule has 3 nitrogen and oxygen atoms in total. The van der Waals surface area contributed by atoms with Gasteiger partial charge in [-0.05, 0) is 45.8 Å². The molecule has 1 saturated carbocycles. The van der Waals surface area contributed by atoms with Crippen molar-refractivity contribution in [3.63, 3.8) is 0 Å². The minimum atomic E-state index is 0.358. The van der Waals surface area contributed by atoms with Crippen LogP contribution >= 0.6 is 15.9 Å². The molecule has 80 valence electrons. The van der Waals surface area contributed by atoms with Gasteiger partial charge in [0, 0.05) is 30.4 Å². The topological polar surface area (TPSA) is 36.4 Å². The molecule has 1 aromatic rings. The predicted molar refractivity (Wildman–Crippen MR) is 61.7 cm³/mol. The van der Waals surface area contributed by atoms with Crippen LogP contribution in [0.2, 0.25) is 0 Å². The Balaban J connectivity index is 1.69. The molecule has 2 unspecified atom stereocenters. The number of rotatable bonds is 2. The van der Waals surface area contributed by atoms with Crippen molar-refractivity contribution in [3.8, 4) is 0 Å². The molecule has 15 heavy (non-hydrogen) atoms. The Morgan fingerprint density at radius 2 is 2.13 bits per heavy atom. The van der Waals surface area contributed by atoms with Gasteiger partial charge in [0.25, 0.3) is 0 Å². The number of aliphatic hydroxyl groups is 1. The summed E-state index contributed by atoms with van der Waals surface area (Å²) in [5, 5.41) is 9.06. The summed E-state index contributed by atoms with van der Waals surface area (Å²) >= 11 is 3.38. The molecule has 3 rings (SSSR count). The van der Waals surface area contributed by atoms with Gasteiger partial charge in [-0.25, -0.2) is 4.98 Å². The zero-order chi connectivity index (χ0) is 10.4. The first-order valence-electron chi connectivity index (χ1n) is 5.27. The highest BCUT2D eigenvalue weighted by Gasteiger charge is 2.55. The highest BCUT2D eigenvalue weighted by atomic mass is 79.9. The maximum Gasteiger partial charge on any atom is 0.128 e. The standard InChI is InChI=1S/C11H13BrN2O/c12-7-1-2-11(13-3-7)14-4-8-9(5-14)10(8)6-15/h1-3,8-10,15H,4-6H2. The third kappa shape index (κ3) is 1.56. The Bertz CT molecular complexity index is 355. The Morgan fingerprint density at radius 3 is 2.67 bits per heavy atom. The minimum Gasteiger partial charge on any atom is -0.396 e. The van der Waals surface area contributed by atoms with Crippen LogP contribution in [-0.2, 0) is 0 Å². The van der Waals surface area contributed by atoms with Crippen LogP contribution in [0.5, 0.6) is 0 Å². The molecule has 1 saturated heterocycles. The SMILES string of the molecule is OCC1C2CN(c3ccc(Br)cn3)CC12. The predicted octanol–water partition coefficient (Wildman–Crippen LogP) is 1.52. The van der Waals surface area contributed by atoms with Crippen molar-refractivity contribution in [3.05, 3.63) is 22.8 Å². The smallest absolute Gasteiger partial charge is 0.128 e. The first kappa shape index (κ1) is 9.60. The van der Waals surface area contributed by atoms with E-state index in [2.05, 4.69) is 25.8 Å². The lowest BCUT2D eigenvalue weighted by atomic mass is 10.3. The van der Waals surface area contributed by atoms with Gasteiger partial charge >= 0.3 is 0 Å². The Labute approximate surface area is 97.3 Å². The van der Waals surface area contributed by atoms with Crippen LogP contribution in [-0.4, -0.2) is 29.8 Å². The lowest BCUT2D eigenvalue weighted by Gasteiger charge is -2.20. The number of anilines is 1. The second kappa shape index (κ2) is 3.46. The van der Waals surface area contributed by atoms with Gasteiger partial charge in [-0.1, -0.05) is 0 Å². The first-order valence-corrected chi connectivity index (χ1v) is 6.06. The number of hydrogen-bond acceptors (Lipinski definition) is 3. The van der Waals surface area contributed by atoms with Gasteiger partial charge in [0.05, 0.1) is 0 Å². The number of piperidine rings is 1. The van der Waals surface area contributed by atoms with Crippen molar-refractivity contribution >= 4 is 21.7 Å². The summed E-state index contributed by atoms with van der Waals surface area (Å²) in [5.74, 6) is 3.04. The molecule has 0 bridgehead atoms. The molecule has 0 radical (unpaired) electrons. The second-order valence-electron chi connectivity index (χ2n) is 4.41. The third-order valence-corrected chi connectivity index (χ3v) is 4.09. The average molecular weight is 269 g/mol. The number of nitrogens with zero attached hydrogens (tertiary/aromatic N) is 2. The fourth-order valence-electron chi connectivity index (χ4n) is 2.66. The van der Waals surface area contributed by atoms with Crippen molar-refractivity contribution in [1.29, 1.82) is 0 Å². The van der Waals surface area contributed by atoms with E-state index in [-0.39, 0.29) is 0 Å². The highest BCUT2D eigenvalue weighted by Crippen LogP contribution is 2.51. The Morgan fingerprint density at radius 1 is 1.40 bits per heavy atom. The Kier molecular flexibility index (Phi) is 2.21. The second-order valence-corrected chi connectivity index (χ2v) is 5.33. The van der Waals surface area contributed by atoms with E-state index in [1.165, 1.54) is 0 Å².